The Morgan fingerprint density at radius 1 is 1.42 bits per heavy atom. The topological polar surface area (TPSA) is 51.0 Å². The Morgan fingerprint density at radius 2 is 2.17 bits per heavy atom. The first-order chi connectivity index (χ1) is 5.77. The van der Waals surface area contributed by atoms with Crippen molar-refractivity contribution in [2.75, 3.05) is 6.54 Å². The van der Waals surface area contributed by atoms with Crippen molar-refractivity contribution in [3.8, 4) is 0 Å². The molecule has 12 heavy (non-hydrogen) atoms. The maximum atomic E-state index is 5.30. The largest absolute Gasteiger partial charge is 0.424 e. The molecule has 1 heterocycles. The van der Waals surface area contributed by atoms with Gasteiger partial charge in [-0.25, -0.2) is 0 Å². The maximum Gasteiger partial charge on any atom is 0.233 e. The standard InChI is InChI=1S/C8H15N3O/c1-4-7(9-5-2)8-11-10-6(3)12-8/h7,9H,4-5H2,1-3H3. The van der Waals surface area contributed by atoms with E-state index in [1.54, 1.807) is 6.92 Å². The highest BCUT2D eigenvalue weighted by atomic mass is 16.4. The molecule has 0 spiro atoms. The summed E-state index contributed by atoms with van der Waals surface area (Å²) < 4.78 is 5.30. The van der Waals surface area contributed by atoms with Crippen LogP contribution in [-0.4, -0.2) is 16.7 Å². The van der Waals surface area contributed by atoms with Crippen LogP contribution in [0.4, 0.5) is 0 Å². The molecule has 1 rings (SSSR count). The molecule has 0 aliphatic rings. The summed E-state index contributed by atoms with van der Waals surface area (Å²) in [7, 11) is 0. The van der Waals surface area contributed by atoms with Gasteiger partial charge in [-0.05, 0) is 13.0 Å². The fraction of sp³-hybridized carbons (Fsp3) is 0.750. The average Bonchev–Trinajstić information content (AvgIpc) is 2.47. The maximum absolute atomic E-state index is 5.30. The van der Waals surface area contributed by atoms with Crippen LogP contribution in [0, 0.1) is 6.92 Å². The quantitative estimate of drug-likeness (QED) is 0.741. The van der Waals surface area contributed by atoms with Crippen LogP contribution in [0.15, 0.2) is 4.42 Å². The van der Waals surface area contributed by atoms with Gasteiger partial charge in [0.2, 0.25) is 11.8 Å². The Labute approximate surface area is 72.4 Å². The summed E-state index contributed by atoms with van der Waals surface area (Å²) in [5.41, 5.74) is 0. The zero-order valence-corrected chi connectivity index (χ0v) is 7.79. The molecule has 0 saturated carbocycles. The Morgan fingerprint density at radius 3 is 2.58 bits per heavy atom. The molecule has 4 nitrogen and oxygen atoms in total. The first-order valence-corrected chi connectivity index (χ1v) is 4.31. The molecule has 0 aliphatic heterocycles. The van der Waals surface area contributed by atoms with E-state index >= 15 is 0 Å². The Kier molecular flexibility index (Phi) is 3.22. The molecule has 0 aromatic carbocycles. The highest BCUT2D eigenvalue weighted by molar-refractivity contribution is 4.87. The molecule has 1 atom stereocenters. The minimum atomic E-state index is 0.205. The summed E-state index contributed by atoms with van der Waals surface area (Å²) >= 11 is 0. The van der Waals surface area contributed by atoms with Gasteiger partial charge in [0, 0.05) is 6.92 Å². The molecule has 4 heteroatoms. The Bertz CT molecular complexity index is 234. The molecule has 1 aromatic heterocycles. The number of hydrogen-bond acceptors (Lipinski definition) is 4. The summed E-state index contributed by atoms with van der Waals surface area (Å²) in [5, 5.41) is 11.0. The van der Waals surface area contributed by atoms with Crippen molar-refractivity contribution in [2.24, 2.45) is 0 Å². The van der Waals surface area contributed by atoms with Crippen molar-refractivity contribution < 1.29 is 4.42 Å². The van der Waals surface area contributed by atoms with Crippen molar-refractivity contribution in [1.82, 2.24) is 15.5 Å². The number of rotatable bonds is 4. The monoisotopic (exact) mass is 169 g/mol. The molecule has 1 aromatic rings. The van der Waals surface area contributed by atoms with Crippen molar-refractivity contribution in [1.29, 1.82) is 0 Å². The molecular weight excluding hydrogens is 154 g/mol. The van der Waals surface area contributed by atoms with E-state index in [1.807, 2.05) is 0 Å². The normalized spacial score (nSPS) is 13.2. The molecule has 1 N–H and O–H groups in total. The average molecular weight is 169 g/mol. The Hall–Kier alpha value is -0.900. The smallest absolute Gasteiger partial charge is 0.233 e. The minimum absolute atomic E-state index is 0.205. The SMILES string of the molecule is CCNC(CC)c1nnc(C)o1. The van der Waals surface area contributed by atoms with Gasteiger partial charge in [0.05, 0.1) is 6.04 Å². The highest BCUT2D eigenvalue weighted by Crippen LogP contribution is 2.13. The molecule has 1 unspecified atom stereocenters. The van der Waals surface area contributed by atoms with Gasteiger partial charge in [0.1, 0.15) is 0 Å². The van der Waals surface area contributed by atoms with Gasteiger partial charge in [-0.1, -0.05) is 13.8 Å². The zero-order valence-electron chi connectivity index (χ0n) is 7.79. The van der Waals surface area contributed by atoms with E-state index in [2.05, 4.69) is 29.4 Å². The van der Waals surface area contributed by atoms with Gasteiger partial charge in [0.15, 0.2) is 0 Å². The fourth-order valence-electron chi connectivity index (χ4n) is 1.11. The zero-order chi connectivity index (χ0) is 8.97. The van der Waals surface area contributed by atoms with E-state index in [0.29, 0.717) is 11.8 Å². The summed E-state index contributed by atoms with van der Waals surface area (Å²) in [5.74, 6) is 1.32. The molecule has 0 radical (unpaired) electrons. The van der Waals surface area contributed by atoms with Gasteiger partial charge < -0.3 is 9.73 Å². The van der Waals surface area contributed by atoms with Gasteiger partial charge in [-0.3, -0.25) is 0 Å². The predicted octanol–water partition coefficient (Wildman–Crippen LogP) is 1.44. The van der Waals surface area contributed by atoms with Crippen LogP contribution in [0.5, 0.6) is 0 Å². The van der Waals surface area contributed by atoms with Crippen molar-refractivity contribution in [3.05, 3.63) is 11.8 Å². The number of nitrogens with one attached hydrogen (secondary N) is 1. The molecule has 0 fully saturated rings. The van der Waals surface area contributed by atoms with Gasteiger partial charge in [-0.2, -0.15) is 0 Å². The molecule has 0 bridgehead atoms. The van der Waals surface area contributed by atoms with E-state index in [0.717, 1.165) is 13.0 Å². The first-order valence-electron chi connectivity index (χ1n) is 4.31. The minimum Gasteiger partial charge on any atom is -0.424 e. The molecule has 0 saturated heterocycles. The summed E-state index contributed by atoms with van der Waals surface area (Å²) in [6.45, 7) is 6.87. The van der Waals surface area contributed by atoms with E-state index in [1.165, 1.54) is 0 Å². The van der Waals surface area contributed by atoms with E-state index < -0.39 is 0 Å². The third kappa shape index (κ3) is 2.04. The summed E-state index contributed by atoms with van der Waals surface area (Å²) in [6, 6.07) is 0.205. The second-order valence-corrected chi connectivity index (χ2v) is 2.68. The van der Waals surface area contributed by atoms with Gasteiger partial charge in [-0.15, -0.1) is 10.2 Å². The lowest BCUT2D eigenvalue weighted by molar-refractivity contribution is 0.384. The Balaban J connectivity index is 2.66. The highest BCUT2D eigenvalue weighted by Gasteiger charge is 2.13. The third-order valence-corrected chi connectivity index (χ3v) is 1.70. The lowest BCUT2D eigenvalue weighted by Gasteiger charge is -2.09. The van der Waals surface area contributed by atoms with E-state index in [4.69, 9.17) is 4.42 Å². The van der Waals surface area contributed by atoms with Crippen molar-refractivity contribution in [3.63, 3.8) is 0 Å². The van der Waals surface area contributed by atoms with Crippen LogP contribution in [0.2, 0.25) is 0 Å². The van der Waals surface area contributed by atoms with Crippen molar-refractivity contribution >= 4 is 0 Å². The van der Waals surface area contributed by atoms with Crippen LogP contribution in [0.25, 0.3) is 0 Å². The molecule has 68 valence electrons. The number of hydrogen-bond donors (Lipinski definition) is 1. The predicted molar refractivity (Wildman–Crippen MR) is 45.7 cm³/mol. The van der Waals surface area contributed by atoms with Crippen LogP contribution < -0.4 is 5.32 Å². The van der Waals surface area contributed by atoms with Gasteiger partial charge in [0.25, 0.3) is 0 Å². The summed E-state index contributed by atoms with van der Waals surface area (Å²) in [4.78, 5) is 0. The van der Waals surface area contributed by atoms with Crippen LogP contribution in [-0.2, 0) is 0 Å². The molecule has 0 aliphatic carbocycles. The lowest BCUT2D eigenvalue weighted by Crippen LogP contribution is -2.20. The van der Waals surface area contributed by atoms with Crippen LogP contribution in [0.3, 0.4) is 0 Å². The third-order valence-electron chi connectivity index (χ3n) is 1.70. The van der Waals surface area contributed by atoms with Crippen molar-refractivity contribution in [2.45, 2.75) is 33.2 Å². The van der Waals surface area contributed by atoms with Gasteiger partial charge >= 0.3 is 0 Å². The molecule has 0 amide bonds. The van der Waals surface area contributed by atoms with Crippen LogP contribution in [0.1, 0.15) is 38.1 Å². The molecular formula is C8H15N3O. The number of aromatic nitrogens is 2. The van der Waals surface area contributed by atoms with E-state index in [9.17, 15) is 0 Å². The fourth-order valence-corrected chi connectivity index (χ4v) is 1.11. The number of nitrogens with zero attached hydrogens (tertiary/aromatic N) is 2. The second-order valence-electron chi connectivity index (χ2n) is 2.68. The van der Waals surface area contributed by atoms with Crippen LogP contribution >= 0.6 is 0 Å². The lowest BCUT2D eigenvalue weighted by atomic mass is 10.2. The first kappa shape index (κ1) is 9.19. The summed E-state index contributed by atoms with van der Waals surface area (Å²) in [6.07, 6.45) is 0.968. The second kappa shape index (κ2) is 4.21. The van der Waals surface area contributed by atoms with E-state index in [-0.39, 0.29) is 6.04 Å². The number of aryl methyl sites for hydroxylation is 1.